The van der Waals surface area contributed by atoms with Gasteiger partial charge in [0.05, 0.1) is 22.5 Å². The first-order valence-corrected chi connectivity index (χ1v) is 10.8. The van der Waals surface area contributed by atoms with Gasteiger partial charge in [0.15, 0.2) is 0 Å². The Balaban J connectivity index is 1.86. The van der Waals surface area contributed by atoms with Gasteiger partial charge in [-0.05, 0) is 60.7 Å². The Morgan fingerprint density at radius 2 is 1.50 bits per heavy atom. The Morgan fingerprint density at radius 3 is 2.21 bits per heavy atom. The standard InChI is InChI=1S/C16H18N2O4S2/c1-23(19,20)17-14-6-3-7-15(11-14)18-24(21,22)16-9-8-12-4-2-5-13(12)10-16/h3,6-11,17-18H,2,4-5H2,1H3. The molecule has 0 aromatic heterocycles. The summed E-state index contributed by atoms with van der Waals surface area (Å²) in [7, 11) is -7.15. The van der Waals surface area contributed by atoms with E-state index in [1.54, 1.807) is 30.3 Å². The number of fused-ring (bicyclic) bond motifs is 1. The van der Waals surface area contributed by atoms with Gasteiger partial charge in [-0.1, -0.05) is 12.1 Å². The van der Waals surface area contributed by atoms with Crippen molar-refractivity contribution in [2.24, 2.45) is 0 Å². The van der Waals surface area contributed by atoms with Crippen molar-refractivity contribution >= 4 is 31.4 Å². The molecule has 1 aliphatic rings. The molecule has 128 valence electrons. The van der Waals surface area contributed by atoms with Crippen LogP contribution in [0.25, 0.3) is 0 Å². The minimum Gasteiger partial charge on any atom is -0.284 e. The largest absolute Gasteiger partial charge is 0.284 e. The van der Waals surface area contributed by atoms with Gasteiger partial charge < -0.3 is 0 Å². The van der Waals surface area contributed by atoms with Crippen LogP contribution in [0.3, 0.4) is 0 Å². The Bertz CT molecular complexity index is 983. The second-order valence-corrected chi connectivity index (χ2v) is 9.28. The molecule has 1 aliphatic carbocycles. The van der Waals surface area contributed by atoms with Crippen LogP contribution in [-0.2, 0) is 32.9 Å². The van der Waals surface area contributed by atoms with Crippen molar-refractivity contribution in [2.75, 3.05) is 15.7 Å². The third-order valence-corrected chi connectivity index (χ3v) is 5.78. The summed E-state index contributed by atoms with van der Waals surface area (Å²) in [5.41, 5.74) is 2.87. The van der Waals surface area contributed by atoms with Crippen LogP contribution >= 0.6 is 0 Å². The van der Waals surface area contributed by atoms with E-state index in [2.05, 4.69) is 9.44 Å². The second kappa shape index (κ2) is 6.10. The van der Waals surface area contributed by atoms with Crippen molar-refractivity contribution in [2.45, 2.75) is 24.2 Å². The molecule has 2 aromatic rings. The van der Waals surface area contributed by atoms with E-state index in [4.69, 9.17) is 0 Å². The molecule has 0 amide bonds. The van der Waals surface area contributed by atoms with E-state index in [0.717, 1.165) is 31.1 Å². The predicted molar refractivity (Wildman–Crippen MR) is 94.2 cm³/mol. The molecule has 0 heterocycles. The average molecular weight is 366 g/mol. The van der Waals surface area contributed by atoms with Crippen LogP contribution in [0.2, 0.25) is 0 Å². The molecule has 0 atom stereocenters. The Morgan fingerprint density at radius 1 is 0.833 bits per heavy atom. The van der Waals surface area contributed by atoms with E-state index in [1.165, 1.54) is 11.6 Å². The number of nitrogens with one attached hydrogen (secondary N) is 2. The maximum Gasteiger partial charge on any atom is 0.261 e. The van der Waals surface area contributed by atoms with Gasteiger partial charge in [-0.25, -0.2) is 16.8 Å². The summed E-state index contributed by atoms with van der Waals surface area (Å²) in [5, 5.41) is 0. The third kappa shape index (κ3) is 3.88. The third-order valence-electron chi connectivity index (χ3n) is 3.80. The van der Waals surface area contributed by atoms with Gasteiger partial charge in [-0.3, -0.25) is 9.44 Å². The SMILES string of the molecule is CS(=O)(=O)Nc1cccc(NS(=O)(=O)c2ccc3c(c2)CCC3)c1. The van der Waals surface area contributed by atoms with E-state index >= 15 is 0 Å². The van der Waals surface area contributed by atoms with Crippen molar-refractivity contribution in [3.05, 3.63) is 53.6 Å². The second-order valence-electron chi connectivity index (χ2n) is 5.84. The van der Waals surface area contributed by atoms with Crippen molar-refractivity contribution < 1.29 is 16.8 Å². The van der Waals surface area contributed by atoms with Crippen LogP contribution in [0.5, 0.6) is 0 Å². The smallest absolute Gasteiger partial charge is 0.261 e. The number of hydrogen-bond donors (Lipinski definition) is 2. The van der Waals surface area contributed by atoms with Gasteiger partial charge in [0.25, 0.3) is 10.0 Å². The van der Waals surface area contributed by atoms with Crippen molar-refractivity contribution in [1.29, 1.82) is 0 Å². The van der Waals surface area contributed by atoms with Gasteiger partial charge in [-0.15, -0.1) is 0 Å². The molecule has 0 saturated heterocycles. The van der Waals surface area contributed by atoms with Crippen LogP contribution in [0.4, 0.5) is 11.4 Å². The van der Waals surface area contributed by atoms with Gasteiger partial charge in [0.2, 0.25) is 10.0 Å². The molecule has 8 heteroatoms. The summed E-state index contributed by atoms with van der Waals surface area (Å²) in [6.07, 6.45) is 3.97. The van der Waals surface area contributed by atoms with Crippen molar-refractivity contribution in [1.82, 2.24) is 0 Å². The van der Waals surface area contributed by atoms with Gasteiger partial charge in [-0.2, -0.15) is 0 Å². The molecule has 0 unspecified atom stereocenters. The van der Waals surface area contributed by atoms with Gasteiger partial charge in [0, 0.05) is 0 Å². The summed E-state index contributed by atoms with van der Waals surface area (Å²) >= 11 is 0. The number of aryl methyl sites for hydroxylation is 2. The highest BCUT2D eigenvalue weighted by Crippen LogP contribution is 2.26. The van der Waals surface area contributed by atoms with Crippen LogP contribution in [0, 0.1) is 0 Å². The molecular weight excluding hydrogens is 348 g/mol. The predicted octanol–water partition coefficient (Wildman–Crippen LogP) is 2.35. The molecule has 0 saturated carbocycles. The van der Waals surface area contributed by atoms with E-state index < -0.39 is 20.0 Å². The van der Waals surface area contributed by atoms with Crippen LogP contribution < -0.4 is 9.44 Å². The number of rotatable bonds is 5. The molecule has 2 N–H and O–H groups in total. The maximum atomic E-state index is 12.5. The van der Waals surface area contributed by atoms with E-state index in [1.807, 2.05) is 6.07 Å². The Labute approximate surface area is 142 Å². The lowest BCUT2D eigenvalue weighted by molar-refractivity contribution is 0.600. The van der Waals surface area contributed by atoms with Gasteiger partial charge >= 0.3 is 0 Å². The summed E-state index contributed by atoms with van der Waals surface area (Å²) in [6.45, 7) is 0. The summed E-state index contributed by atoms with van der Waals surface area (Å²) in [6, 6.07) is 11.3. The maximum absolute atomic E-state index is 12.5. The first-order chi connectivity index (χ1) is 11.2. The lowest BCUT2D eigenvalue weighted by atomic mass is 10.1. The zero-order valence-electron chi connectivity index (χ0n) is 13.1. The highest BCUT2D eigenvalue weighted by molar-refractivity contribution is 7.92. The lowest BCUT2D eigenvalue weighted by Crippen LogP contribution is -2.14. The highest BCUT2D eigenvalue weighted by Gasteiger charge is 2.18. The fourth-order valence-electron chi connectivity index (χ4n) is 2.79. The van der Waals surface area contributed by atoms with Crippen LogP contribution in [-0.4, -0.2) is 23.1 Å². The molecule has 2 aromatic carbocycles. The number of anilines is 2. The fourth-order valence-corrected chi connectivity index (χ4v) is 4.44. The lowest BCUT2D eigenvalue weighted by Gasteiger charge is -2.11. The first kappa shape index (κ1) is 16.8. The van der Waals surface area contributed by atoms with Crippen LogP contribution in [0.1, 0.15) is 17.5 Å². The van der Waals surface area contributed by atoms with E-state index in [9.17, 15) is 16.8 Å². The van der Waals surface area contributed by atoms with Crippen molar-refractivity contribution in [3.63, 3.8) is 0 Å². The van der Waals surface area contributed by atoms with Gasteiger partial charge in [0.1, 0.15) is 0 Å². The fraction of sp³-hybridized carbons (Fsp3) is 0.250. The molecule has 0 bridgehead atoms. The molecule has 0 fully saturated rings. The summed E-state index contributed by atoms with van der Waals surface area (Å²) < 4.78 is 52.5. The van der Waals surface area contributed by atoms with Crippen LogP contribution in [0.15, 0.2) is 47.4 Å². The molecule has 3 rings (SSSR count). The zero-order chi connectivity index (χ0) is 17.4. The normalized spacial score (nSPS) is 14.2. The number of sulfonamides is 2. The minimum absolute atomic E-state index is 0.213. The summed E-state index contributed by atoms with van der Waals surface area (Å²) in [5.74, 6) is 0. The molecular formula is C16H18N2O4S2. The topological polar surface area (TPSA) is 92.3 Å². The number of benzene rings is 2. The minimum atomic E-state index is -3.72. The molecule has 0 radical (unpaired) electrons. The molecule has 24 heavy (non-hydrogen) atoms. The first-order valence-electron chi connectivity index (χ1n) is 7.45. The quantitative estimate of drug-likeness (QED) is 0.849. The molecule has 0 aliphatic heterocycles. The number of hydrogen-bond acceptors (Lipinski definition) is 4. The van der Waals surface area contributed by atoms with Crippen molar-refractivity contribution in [3.8, 4) is 0 Å². The highest BCUT2D eigenvalue weighted by atomic mass is 32.2. The molecule has 0 spiro atoms. The average Bonchev–Trinajstić information content (AvgIpc) is 2.92. The zero-order valence-corrected chi connectivity index (χ0v) is 14.7. The Kier molecular flexibility index (Phi) is 4.27. The van der Waals surface area contributed by atoms with E-state index in [0.29, 0.717) is 11.4 Å². The monoisotopic (exact) mass is 366 g/mol. The van der Waals surface area contributed by atoms with E-state index in [-0.39, 0.29) is 4.90 Å². The Hall–Kier alpha value is -2.06. The summed E-state index contributed by atoms with van der Waals surface area (Å²) in [4.78, 5) is 0.213. The molecule has 6 nitrogen and oxygen atoms in total.